The smallest absolute Gasteiger partial charge is 0.232 e. The lowest BCUT2D eigenvalue weighted by molar-refractivity contribution is -0.122. The van der Waals surface area contributed by atoms with Crippen molar-refractivity contribution in [3.8, 4) is 0 Å². The summed E-state index contributed by atoms with van der Waals surface area (Å²) in [4.78, 5) is 15.8. The van der Waals surface area contributed by atoms with Gasteiger partial charge in [-0.15, -0.1) is 0 Å². The highest BCUT2D eigenvalue weighted by Crippen LogP contribution is 2.27. The molecule has 5 heteroatoms. The summed E-state index contributed by atoms with van der Waals surface area (Å²) >= 11 is 1.98. The van der Waals surface area contributed by atoms with E-state index in [-0.39, 0.29) is 17.9 Å². The third-order valence-corrected chi connectivity index (χ3v) is 6.35. The predicted molar refractivity (Wildman–Crippen MR) is 118 cm³/mol. The second-order valence-corrected chi connectivity index (χ2v) is 8.45. The standard InChI is InChI=1S/C24H26N2O2S/c27-24(23(19-7-3-1-4-8-19)20-9-5-2-6-10-20)25-17-22(21-11-14-28-18-21)26-12-15-29-16-13-26/h1-11,14,18,22-23H,12-13,15-17H2,(H,25,27)/t22-/m1/s1. The number of amides is 1. The fourth-order valence-electron chi connectivity index (χ4n) is 3.90. The van der Waals surface area contributed by atoms with Gasteiger partial charge in [0.15, 0.2) is 0 Å². The molecule has 2 aromatic carbocycles. The van der Waals surface area contributed by atoms with Crippen molar-refractivity contribution in [2.24, 2.45) is 0 Å². The third-order valence-electron chi connectivity index (χ3n) is 5.41. The maximum absolute atomic E-state index is 13.3. The summed E-state index contributed by atoms with van der Waals surface area (Å²) in [5.41, 5.74) is 3.13. The Morgan fingerprint density at radius 1 is 0.931 bits per heavy atom. The minimum Gasteiger partial charge on any atom is -0.472 e. The second kappa shape index (κ2) is 9.81. The summed E-state index contributed by atoms with van der Waals surface area (Å²) in [6, 6.07) is 22.1. The molecule has 1 fully saturated rings. The van der Waals surface area contributed by atoms with Crippen molar-refractivity contribution in [1.82, 2.24) is 10.2 Å². The summed E-state index contributed by atoms with van der Waals surface area (Å²) in [5.74, 6) is 1.96. The van der Waals surface area contributed by atoms with E-state index in [0.29, 0.717) is 6.54 Å². The first-order chi connectivity index (χ1) is 14.3. The van der Waals surface area contributed by atoms with E-state index in [1.165, 1.54) is 0 Å². The summed E-state index contributed by atoms with van der Waals surface area (Å²) in [7, 11) is 0. The third kappa shape index (κ3) is 4.92. The minimum atomic E-state index is -0.320. The van der Waals surface area contributed by atoms with E-state index >= 15 is 0 Å². The molecule has 150 valence electrons. The number of carbonyl (C=O) groups excluding carboxylic acids is 1. The number of thioether (sulfide) groups is 1. The number of furan rings is 1. The molecule has 0 saturated carbocycles. The van der Waals surface area contributed by atoms with Gasteiger partial charge < -0.3 is 9.73 Å². The summed E-state index contributed by atoms with van der Waals surface area (Å²) in [6.45, 7) is 2.62. The van der Waals surface area contributed by atoms with Crippen LogP contribution >= 0.6 is 11.8 Å². The molecule has 1 aliphatic rings. The predicted octanol–water partition coefficient (Wildman–Crippen LogP) is 4.32. The highest BCUT2D eigenvalue weighted by molar-refractivity contribution is 7.99. The Bertz CT molecular complexity index is 838. The lowest BCUT2D eigenvalue weighted by Crippen LogP contribution is -2.43. The molecule has 0 aliphatic carbocycles. The quantitative estimate of drug-likeness (QED) is 0.635. The van der Waals surface area contributed by atoms with Crippen LogP contribution in [-0.2, 0) is 4.79 Å². The molecule has 1 N–H and O–H groups in total. The number of hydrogen-bond donors (Lipinski definition) is 1. The Balaban J connectivity index is 1.53. The topological polar surface area (TPSA) is 45.5 Å². The Morgan fingerprint density at radius 2 is 1.55 bits per heavy atom. The number of nitrogens with one attached hydrogen (secondary N) is 1. The Labute approximate surface area is 176 Å². The lowest BCUT2D eigenvalue weighted by atomic mass is 9.90. The van der Waals surface area contributed by atoms with Gasteiger partial charge in [0.1, 0.15) is 0 Å². The van der Waals surface area contributed by atoms with Gasteiger partial charge in [0, 0.05) is 36.7 Å². The zero-order chi connectivity index (χ0) is 19.9. The largest absolute Gasteiger partial charge is 0.472 e. The van der Waals surface area contributed by atoms with Gasteiger partial charge in [-0.25, -0.2) is 0 Å². The summed E-state index contributed by atoms with van der Waals surface area (Å²) < 4.78 is 5.33. The van der Waals surface area contributed by atoms with Gasteiger partial charge in [0.25, 0.3) is 0 Å². The zero-order valence-electron chi connectivity index (χ0n) is 16.4. The van der Waals surface area contributed by atoms with Crippen LogP contribution in [-0.4, -0.2) is 41.9 Å². The highest BCUT2D eigenvalue weighted by Gasteiger charge is 2.27. The van der Waals surface area contributed by atoms with Crippen LogP contribution in [0.1, 0.15) is 28.7 Å². The van der Waals surface area contributed by atoms with Gasteiger partial charge in [-0.1, -0.05) is 60.7 Å². The molecule has 2 heterocycles. The Morgan fingerprint density at radius 3 is 2.10 bits per heavy atom. The fourth-order valence-corrected chi connectivity index (χ4v) is 4.83. The van der Waals surface area contributed by atoms with E-state index in [9.17, 15) is 4.79 Å². The van der Waals surface area contributed by atoms with Gasteiger partial charge in [0.05, 0.1) is 24.5 Å². The number of benzene rings is 2. The maximum atomic E-state index is 13.3. The minimum absolute atomic E-state index is 0.0299. The molecular formula is C24H26N2O2S. The molecule has 0 radical (unpaired) electrons. The van der Waals surface area contributed by atoms with Crippen LogP contribution in [0.25, 0.3) is 0 Å². The molecule has 1 aromatic heterocycles. The maximum Gasteiger partial charge on any atom is 0.232 e. The van der Waals surface area contributed by atoms with Crippen LogP contribution in [0.4, 0.5) is 0 Å². The zero-order valence-corrected chi connectivity index (χ0v) is 17.2. The number of rotatable bonds is 7. The average Bonchev–Trinajstić information content (AvgIpc) is 3.31. The van der Waals surface area contributed by atoms with E-state index in [2.05, 4.69) is 10.2 Å². The van der Waals surface area contributed by atoms with Crippen molar-refractivity contribution in [3.05, 3.63) is 95.9 Å². The first kappa shape index (κ1) is 19.8. The highest BCUT2D eigenvalue weighted by atomic mass is 32.2. The molecule has 0 bridgehead atoms. The van der Waals surface area contributed by atoms with Gasteiger partial charge in [0.2, 0.25) is 5.91 Å². The molecule has 4 rings (SSSR count). The Hall–Kier alpha value is -2.50. The van der Waals surface area contributed by atoms with Crippen LogP contribution in [0.5, 0.6) is 0 Å². The first-order valence-corrected chi connectivity index (χ1v) is 11.2. The second-order valence-electron chi connectivity index (χ2n) is 7.22. The van der Waals surface area contributed by atoms with Crippen molar-refractivity contribution in [2.45, 2.75) is 12.0 Å². The van der Waals surface area contributed by atoms with Crippen LogP contribution in [0.2, 0.25) is 0 Å². The van der Waals surface area contributed by atoms with Crippen LogP contribution < -0.4 is 5.32 Å². The molecule has 0 spiro atoms. The fraction of sp³-hybridized carbons (Fsp3) is 0.292. The lowest BCUT2D eigenvalue weighted by Gasteiger charge is -2.34. The molecule has 1 amide bonds. The van der Waals surface area contributed by atoms with E-state index in [1.54, 1.807) is 12.5 Å². The van der Waals surface area contributed by atoms with Crippen molar-refractivity contribution in [3.63, 3.8) is 0 Å². The SMILES string of the molecule is O=C(NC[C@H](c1ccoc1)N1CCSCC1)C(c1ccccc1)c1ccccc1. The molecule has 1 aliphatic heterocycles. The summed E-state index contributed by atoms with van der Waals surface area (Å²) in [6.07, 6.45) is 3.50. The molecule has 3 aromatic rings. The van der Waals surface area contributed by atoms with Crippen molar-refractivity contribution < 1.29 is 9.21 Å². The van der Waals surface area contributed by atoms with E-state index in [1.807, 2.05) is 78.5 Å². The van der Waals surface area contributed by atoms with Crippen molar-refractivity contribution >= 4 is 17.7 Å². The molecule has 29 heavy (non-hydrogen) atoms. The molecule has 1 saturated heterocycles. The van der Waals surface area contributed by atoms with Crippen LogP contribution in [0, 0.1) is 0 Å². The van der Waals surface area contributed by atoms with Crippen LogP contribution in [0.3, 0.4) is 0 Å². The Kier molecular flexibility index (Phi) is 6.70. The van der Waals surface area contributed by atoms with Crippen LogP contribution in [0.15, 0.2) is 83.7 Å². The monoisotopic (exact) mass is 406 g/mol. The number of carbonyl (C=O) groups is 1. The van der Waals surface area contributed by atoms with Crippen molar-refractivity contribution in [1.29, 1.82) is 0 Å². The van der Waals surface area contributed by atoms with E-state index in [0.717, 1.165) is 41.3 Å². The molecule has 0 unspecified atom stereocenters. The van der Waals surface area contributed by atoms with Gasteiger partial charge in [-0.05, 0) is 17.2 Å². The average molecular weight is 407 g/mol. The number of nitrogens with zero attached hydrogens (tertiary/aromatic N) is 1. The first-order valence-electron chi connectivity index (χ1n) is 10.0. The van der Waals surface area contributed by atoms with E-state index < -0.39 is 0 Å². The molecular weight excluding hydrogens is 380 g/mol. The van der Waals surface area contributed by atoms with Crippen molar-refractivity contribution in [2.75, 3.05) is 31.1 Å². The van der Waals surface area contributed by atoms with E-state index in [4.69, 9.17) is 4.42 Å². The number of hydrogen-bond acceptors (Lipinski definition) is 4. The van der Waals surface area contributed by atoms with Gasteiger partial charge in [-0.2, -0.15) is 11.8 Å². The summed E-state index contributed by atoms with van der Waals surface area (Å²) in [5, 5.41) is 3.24. The molecule has 4 nitrogen and oxygen atoms in total. The normalized spacial score (nSPS) is 15.9. The molecule has 1 atom stereocenters. The van der Waals surface area contributed by atoms with Gasteiger partial charge in [-0.3, -0.25) is 9.69 Å². The van der Waals surface area contributed by atoms with Gasteiger partial charge >= 0.3 is 0 Å².